The van der Waals surface area contributed by atoms with Crippen LogP contribution in [0.15, 0.2) is 38.5 Å². The van der Waals surface area contributed by atoms with Crippen LogP contribution in [0.25, 0.3) is 11.1 Å². The zero-order valence-corrected chi connectivity index (χ0v) is 11.7. The molecule has 2 heterocycles. The van der Waals surface area contributed by atoms with Crippen LogP contribution in [-0.4, -0.2) is 4.98 Å². The summed E-state index contributed by atoms with van der Waals surface area (Å²) in [6.07, 6.45) is 0. The zero-order chi connectivity index (χ0) is 12.5. The van der Waals surface area contributed by atoms with Crippen molar-refractivity contribution in [3.63, 3.8) is 0 Å². The van der Waals surface area contributed by atoms with Gasteiger partial charge in [0.15, 0.2) is 5.58 Å². The van der Waals surface area contributed by atoms with Crippen LogP contribution in [-0.2, 0) is 6.54 Å². The summed E-state index contributed by atoms with van der Waals surface area (Å²) >= 11 is 5.17. The molecular weight excluding hydrogens is 314 g/mol. The van der Waals surface area contributed by atoms with E-state index in [2.05, 4.69) is 26.2 Å². The highest BCUT2D eigenvalue weighted by atomic mass is 79.9. The molecular formula is C12H10BrN3OS. The molecule has 3 rings (SSSR count). The lowest BCUT2D eigenvalue weighted by molar-refractivity contribution is 0.615. The number of benzene rings is 1. The molecule has 0 atom stereocenters. The first-order valence-electron chi connectivity index (χ1n) is 5.34. The van der Waals surface area contributed by atoms with E-state index in [0.29, 0.717) is 23.8 Å². The van der Waals surface area contributed by atoms with Crippen molar-refractivity contribution in [1.82, 2.24) is 4.98 Å². The average molecular weight is 324 g/mol. The molecule has 0 bridgehead atoms. The molecule has 4 nitrogen and oxygen atoms in total. The molecule has 0 radical (unpaired) electrons. The highest BCUT2D eigenvalue weighted by Gasteiger charge is 2.07. The van der Waals surface area contributed by atoms with Crippen LogP contribution >= 0.6 is 27.3 Å². The van der Waals surface area contributed by atoms with Gasteiger partial charge in [0.1, 0.15) is 5.52 Å². The molecule has 92 valence electrons. The van der Waals surface area contributed by atoms with E-state index >= 15 is 0 Å². The predicted octanol–water partition coefficient (Wildman–Crippen LogP) is 3.85. The third-order valence-electron chi connectivity index (χ3n) is 2.50. The van der Waals surface area contributed by atoms with Crippen LogP contribution in [0.3, 0.4) is 0 Å². The molecule has 18 heavy (non-hydrogen) atoms. The number of fused-ring (bicyclic) bond motifs is 1. The molecule has 0 saturated carbocycles. The van der Waals surface area contributed by atoms with Crippen molar-refractivity contribution in [2.24, 2.45) is 0 Å². The van der Waals surface area contributed by atoms with Gasteiger partial charge in [0, 0.05) is 21.1 Å². The number of nitrogens with two attached hydrogens (primary N) is 1. The predicted molar refractivity (Wildman–Crippen MR) is 77.8 cm³/mol. The van der Waals surface area contributed by atoms with Gasteiger partial charge in [-0.05, 0) is 39.5 Å². The van der Waals surface area contributed by atoms with Gasteiger partial charge in [0.05, 0.1) is 6.54 Å². The monoisotopic (exact) mass is 323 g/mol. The molecule has 0 saturated heterocycles. The lowest BCUT2D eigenvalue weighted by Crippen LogP contribution is -1.97. The second kappa shape index (κ2) is 4.62. The van der Waals surface area contributed by atoms with Crippen LogP contribution in [0.5, 0.6) is 0 Å². The Hall–Kier alpha value is -1.53. The van der Waals surface area contributed by atoms with Crippen molar-refractivity contribution < 1.29 is 4.42 Å². The van der Waals surface area contributed by atoms with Crippen molar-refractivity contribution in [3.8, 4) is 0 Å². The molecule has 0 spiro atoms. The van der Waals surface area contributed by atoms with E-state index in [1.165, 1.54) is 4.88 Å². The van der Waals surface area contributed by atoms with Gasteiger partial charge in [-0.15, -0.1) is 11.3 Å². The molecule has 0 aliphatic heterocycles. The Morgan fingerprint density at radius 2 is 2.28 bits per heavy atom. The van der Waals surface area contributed by atoms with Gasteiger partial charge in [-0.25, -0.2) is 0 Å². The molecule has 2 aromatic heterocycles. The van der Waals surface area contributed by atoms with Gasteiger partial charge in [0.25, 0.3) is 6.01 Å². The molecule has 6 heteroatoms. The number of nitrogens with one attached hydrogen (secondary N) is 1. The first-order valence-corrected chi connectivity index (χ1v) is 7.01. The smallest absolute Gasteiger partial charge is 0.295 e. The Morgan fingerprint density at radius 3 is 3.06 bits per heavy atom. The quantitative estimate of drug-likeness (QED) is 0.718. The van der Waals surface area contributed by atoms with E-state index in [1.807, 2.05) is 23.6 Å². The summed E-state index contributed by atoms with van der Waals surface area (Å²) < 4.78 is 6.67. The first-order chi connectivity index (χ1) is 8.72. The average Bonchev–Trinajstić information content (AvgIpc) is 2.92. The minimum Gasteiger partial charge on any atom is -0.423 e. The number of anilines is 2. The maximum absolute atomic E-state index is 5.69. The highest BCUT2D eigenvalue weighted by Crippen LogP contribution is 2.25. The third-order valence-corrected chi connectivity index (χ3v) is 4.43. The Kier molecular flexibility index (Phi) is 2.97. The molecule has 0 aliphatic carbocycles. The van der Waals surface area contributed by atoms with E-state index in [1.54, 1.807) is 17.4 Å². The van der Waals surface area contributed by atoms with Crippen LogP contribution in [0, 0.1) is 0 Å². The maximum Gasteiger partial charge on any atom is 0.295 e. The number of rotatable bonds is 3. The molecule has 0 fully saturated rings. The van der Waals surface area contributed by atoms with E-state index in [-0.39, 0.29) is 0 Å². The normalized spacial score (nSPS) is 10.9. The van der Waals surface area contributed by atoms with E-state index < -0.39 is 0 Å². The number of hydrogen-bond acceptors (Lipinski definition) is 5. The second-order valence-corrected chi connectivity index (χ2v) is 5.65. The van der Waals surface area contributed by atoms with Crippen molar-refractivity contribution in [2.75, 3.05) is 11.1 Å². The lowest BCUT2D eigenvalue weighted by Gasteiger charge is -1.99. The summed E-state index contributed by atoms with van der Waals surface area (Å²) in [4.78, 5) is 5.54. The van der Waals surface area contributed by atoms with Crippen LogP contribution < -0.4 is 11.1 Å². The lowest BCUT2D eigenvalue weighted by atomic mass is 10.3. The van der Waals surface area contributed by atoms with Crippen LogP contribution in [0.4, 0.5) is 11.7 Å². The Balaban J connectivity index is 1.81. The minimum absolute atomic E-state index is 0.510. The number of aromatic nitrogens is 1. The number of nitrogens with zero attached hydrogens (tertiary/aromatic N) is 1. The third kappa shape index (κ3) is 2.21. The SMILES string of the molecule is Nc1ccc2nc(NCc3sccc3Br)oc2c1. The number of halogens is 1. The van der Waals surface area contributed by atoms with Crippen LogP contribution in [0.2, 0.25) is 0 Å². The number of nitrogen functional groups attached to an aromatic ring is 1. The molecule has 0 unspecified atom stereocenters. The van der Waals surface area contributed by atoms with Crippen LogP contribution in [0.1, 0.15) is 4.88 Å². The first kappa shape index (κ1) is 11.6. The Labute approximate surface area is 116 Å². The maximum atomic E-state index is 5.69. The fourth-order valence-electron chi connectivity index (χ4n) is 1.62. The summed E-state index contributed by atoms with van der Waals surface area (Å²) in [6, 6.07) is 7.96. The van der Waals surface area contributed by atoms with Gasteiger partial charge in [-0.3, -0.25) is 0 Å². The number of thiophene rings is 1. The van der Waals surface area contributed by atoms with Gasteiger partial charge in [-0.2, -0.15) is 4.98 Å². The summed E-state index contributed by atoms with van der Waals surface area (Å²) in [6.45, 7) is 0.681. The molecule has 3 N–H and O–H groups in total. The van der Waals surface area contributed by atoms with Gasteiger partial charge < -0.3 is 15.5 Å². The highest BCUT2D eigenvalue weighted by molar-refractivity contribution is 9.10. The second-order valence-electron chi connectivity index (χ2n) is 3.79. The van der Waals surface area contributed by atoms with Crippen molar-refractivity contribution in [2.45, 2.75) is 6.54 Å². The summed E-state index contributed by atoms with van der Waals surface area (Å²) in [5, 5.41) is 5.19. The van der Waals surface area contributed by atoms with Crippen molar-refractivity contribution in [3.05, 3.63) is 39.0 Å². The van der Waals surface area contributed by atoms with Crippen molar-refractivity contribution >= 4 is 50.1 Å². The van der Waals surface area contributed by atoms with E-state index in [4.69, 9.17) is 10.2 Å². The van der Waals surface area contributed by atoms with Gasteiger partial charge >= 0.3 is 0 Å². The Bertz CT molecular complexity index is 692. The van der Waals surface area contributed by atoms with Crippen molar-refractivity contribution in [1.29, 1.82) is 0 Å². The summed E-state index contributed by atoms with van der Waals surface area (Å²) in [5.74, 6) is 0. The number of oxazole rings is 1. The van der Waals surface area contributed by atoms with Gasteiger partial charge in [0.2, 0.25) is 0 Å². The molecule has 0 aliphatic rings. The minimum atomic E-state index is 0.510. The summed E-state index contributed by atoms with van der Waals surface area (Å²) in [7, 11) is 0. The van der Waals surface area contributed by atoms with E-state index in [0.717, 1.165) is 9.99 Å². The number of hydrogen-bond donors (Lipinski definition) is 2. The molecule has 1 aromatic carbocycles. The van der Waals surface area contributed by atoms with Gasteiger partial charge in [-0.1, -0.05) is 0 Å². The summed E-state index contributed by atoms with van der Waals surface area (Å²) in [5.41, 5.74) is 7.86. The largest absolute Gasteiger partial charge is 0.423 e. The zero-order valence-electron chi connectivity index (χ0n) is 9.31. The molecule has 0 amide bonds. The Morgan fingerprint density at radius 1 is 1.39 bits per heavy atom. The van der Waals surface area contributed by atoms with E-state index in [9.17, 15) is 0 Å². The fourth-order valence-corrected chi connectivity index (χ4v) is 3.06. The standard InChI is InChI=1S/C12H10BrN3OS/c13-8-3-4-18-11(8)6-15-12-16-9-2-1-7(14)5-10(9)17-12/h1-5H,6,14H2,(H,15,16). The molecule has 3 aromatic rings. The topological polar surface area (TPSA) is 64.1 Å². The fraction of sp³-hybridized carbons (Fsp3) is 0.0833.